The van der Waals surface area contributed by atoms with E-state index in [1.807, 2.05) is 6.92 Å². The van der Waals surface area contributed by atoms with Crippen LogP contribution in [0.4, 0.5) is 0 Å². The molecule has 14 heavy (non-hydrogen) atoms. The van der Waals surface area contributed by atoms with Crippen LogP contribution in [0, 0.1) is 6.92 Å². The van der Waals surface area contributed by atoms with Gasteiger partial charge in [-0.25, -0.2) is 0 Å². The third-order valence-electron chi connectivity index (χ3n) is 2.24. The van der Waals surface area contributed by atoms with Gasteiger partial charge in [0.1, 0.15) is 30.9 Å². The van der Waals surface area contributed by atoms with Crippen LogP contribution in [0.2, 0.25) is 0 Å². The van der Waals surface area contributed by atoms with Crippen molar-refractivity contribution in [3.63, 3.8) is 0 Å². The number of benzene rings is 1. The molecule has 1 N–H and O–H groups in total. The molecule has 0 fully saturated rings. The van der Waals surface area contributed by atoms with Crippen LogP contribution in [0.3, 0.4) is 0 Å². The second-order valence-electron chi connectivity index (χ2n) is 3.10. The molecular formula is C10H11NO3. The Morgan fingerprint density at radius 1 is 1.50 bits per heavy atom. The van der Waals surface area contributed by atoms with E-state index < -0.39 is 0 Å². The average molecular weight is 193 g/mol. The molecule has 4 heteroatoms. The molecule has 74 valence electrons. The van der Waals surface area contributed by atoms with Gasteiger partial charge in [0.15, 0.2) is 0 Å². The van der Waals surface area contributed by atoms with Crippen molar-refractivity contribution in [3.8, 4) is 11.5 Å². The first kappa shape index (κ1) is 8.87. The highest BCUT2D eigenvalue weighted by Crippen LogP contribution is 2.34. The number of nitrogens with zero attached hydrogens (tertiary/aromatic N) is 1. The first-order chi connectivity index (χ1) is 6.74. The van der Waals surface area contributed by atoms with Crippen molar-refractivity contribution in [2.75, 3.05) is 13.7 Å². The molecule has 0 amide bonds. The Labute approximate surface area is 81.8 Å². The second-order valence-corrected chi connectivity index (χ2v) is 3.10. The summed E-state index contributed by atoms with van der Waals surface area (Å²) in [5.41, 5.74) is 2.39. The topological polar surface area (TPSA) is 51.0 Å². The molecule has 0 spiro atoms. The van der Waals surface area contributed by atoms with E-state index in [1.165, 1.54) is 7.11 Å². The van der Waals surface area contributed by atoms with E-state index in [4.69, 9.17) is 9.57 Å². The number of hydrogen-bond donors (Lipinski definition) is 1. The molecule has 0 atom stereocenters. The maximum Gasteiger partial charge on any atom is 0.135 e. The van der Waals surface area contributed by atoms with Crippen LogP contribution >= 0.6 is 0 Å². The summed E-state index contributed by atoms with van der Waals surface area (Å²) in [6, 6.07) is 3.41. The van der Waals surface area contributed by atoms with Crippen molar-refractivity contribution in [1.82, 2.24) is 0 Å². The lowest BCUT2D eigenvalue weighted by Gasteiger charge is -2.03. The minimum Gasteiger partial charge on any atom is -0.508 e. The van der Waals surface area contributed by atoms with Gasteiger partial charge in [-0.2, -0.15) is 0 Å². The summed E-state index contributed by atoms with van der Waals surface area (Å²) in [7, 11) is 1.50. The molecule has 0 saturated carbocycles. The first-order valence-electron chi connectivity index (χ1n) is 4.30. The lowest BCUT2D eigenvalue weighted by Crippen LogP contribution is -2.02. The summed E-state index contributed by atoms with van der Waals surface area (Å²) in [6.45, 7) is 2.21. The van der Waals surface area contributed by atoms with Crippen LogP contribution < -0.4 is 4.74 Å². The van der Waals surface area contributed by atoms with Crippen LogP contribution in [-0.2, 0) is 4.84 Å². The average Bonchev–Trinajstić information content (AvgIpc) is 2.57. The van der Waals surface area contributed by atoms with Crippen molar-refractivity contribution in [3.05, 3.63) is 23.3 Å². The van der Waals surface area contributed by atoms with Gasteiger partial charge in [0.05, 0.1) is 0 Å². The molecule has 4 nitrogen and oxygen atoms in total. The molecule has 0 unspecified atom stereocenters. The molecule has 1 aromatic carbocycles. The van der Waals surface area contributed by atoms with Crippen molar-refractivity contribution >= 4 is 5.71 Å². The number of fused-ring (bicyclic) bond motifs is 1. The minimum absolute atomic E-state index is 0.238. The van der Waals surface area contributed by atoms with E-state index in [2.05, 4.69) is 5.16 Å². The van der Waals surface area contributed by atoms with Crippen molar-refractivity contribution in [2.45, 2.75) is 6.92 Å². The lowest BCUT2D eigenvalue weighted by atomic mass is 10.1. The summed E-state index contributed by atoms with van der Waals surface area (Å²) in [5.74, 6) is 0.934. The number of oxime groups is 1. The zero-order valence-electron chi connectivity index (χ0n) is 8.07. The second kappa shape index (κ2) is 3.21. The summed E-state index contributed by atoms with van der Waals surface area (Å²) >= 11 is 0. The van der Waals surface area contributed by atoms with Gasteiger partial charge in [-0.3, -0.25) is 0 Å². The van der Waals surface area contributed by atoms with Gasteiger partial charge < -0.3 is 14.7 Å². The molecule has 0 radical (unpaired) electrons. The Kier molecular flexibility index (Phi) is 2.04. The van der Waals surface area contributed by atoms with E-state index in [9.17, 15) is 5.11 Å². The molecular weight excluding hydrogens is 182 g/mol. The van der Waals surface area contributed by atoms with Crippen molar-refractivity contribution in [2.24, 2.45) is 5.16 Å². The van der Waals surface area contributed by atoms with Crippen LogP contribution in [0.5, 0.6) is 11.5 Å². The third-order valence-corrected chi connectivity index (χ3v) is 2.24. The number of hydrogen-bond acceptors (Lipinski definition) is 4. The molecule has 1 aromatic rings. The molecule has 1 aliphatic heterocycles. The van der Waals surface area contributed by atoms with Crippen LogP contribution in [-0.4, -0.2) is 24.5 Å². The van der Waals surface area contributed by atoms with E-state index in [0.29, 0.717) is 12.4 Å². The zero-order valence-corrected chi connectivity index (χ0v) is 8.07. The maximum atomic E-state index is 9.45. The van der Waals surface area contributed by atoms with Gasteiger partial charge in [-0.05, 0) is 19.1 Å². The Morgan fingerprint density at radius 3 is 3.00 bits per heavy atom. The quantitative estimate of drug-likeness (QED) is 0.686. The predicted molar refractivity (Wildman–Crippen MR) is 51.9 cm³/mol. The number of ether oxygens (including phenoxy) is 1. The van der Waals surface area contributed by atoms with Crippen LogP contribution in [0.1, 0.15) is 11.1 Å². The highest BCUT2D eigenvalue weighted by Gasteiger charge is 2.23. The highest BCUT2D eigenvalue weighted by molar-refractivity contribution is 6.06. The smallest absolute Gasteiger partial charge is 0.135 e. The Bertz CT molecular complexity index is 399. The molecule has 2 rings (SSSR count). The summed E-state index contributed by atoms with van der Waals surface area (Å²) in [4.78, 5) is 4.70. The highest BCUT2D eigenvalue weighted by atomic mass is 16.6. The molecule has 1 aliphatic rings. The lowest BCUT2D eigenvalue weighted by molar-refractivity contribution is 0.211. The minimum atomic E-state index is 0.238. The van der Waals surface area contributed by atoms with E-state index >= 15 is 0 Å². The van der Waals surface area contributed by atoms with Gasteiger partial charge >= 0.3 is 0 Å². The fourth-order valence-corrected chi connectivity index (χ4v) is 1.50. The zero-order chi connectivity index (χ0) is 10.1. The summed E-state index contributed by atoms with van der Waals surface area (Å²) < 4.78 is 5.40. The molecule has 0 aromatic heterocycles. The van der Waals surface area contributed by atoms with Crippen molar-refractivity contribution in [1.29, 1.82) is 0 Å². The molecule has 0 saturated heterocycles. The molecule has 1 heterocycles. The maximum absolute atomic E-state index is 9.45. The summed E-state index contributed by atoms with van der Waals surface area (Å²) in [6.07, 6.45) is 0. The number of phenolic OH excluding ortho intramolecular Hbond substituents is 1. The fourth-order valence-electron chi connectivity index (χ4n) is 1.50. The van der Waals surface area contributed by atoms with E-state index in [0.717, 1.165) is 16.8 Å². The molecule has 0 bridgehead atoms. The van der Waals surface area contributed by atoms with Crippen molar-refractivity contribution < 1.29 is 14.7 Å². The molecule has 0 aliphatic carbocycles. The Morgan fingerprint density at radius 2 is 2.29 bits per heavy atom. The normalized spacial score (nSPS) is 16.6. The van der Waals surface area contributed by atoms with Crippen LogP contribution in [0.15, 0.2) is 17.3 Å². The standard InChI is InChI=1S/C10H11NO3/c1-6-9(12)4-3-7-8(11-13-2)5-14-10(6)7/h3-4,12H,5H2,1-2H3/b11-8-. The Balaban J connectivity index is 2.53. The van der Waals surface area contributed by atoms with Gasteiger partial charge in [0, 0.05) is 11.1 Å². The largest absolute Gasteiger partial charge is 0.508 e. The number of rotatable bonds is 1. The van der Waals surface area contributed by atoms with Crippen LogP contribution in [0.25, 0.3) is 0 Å². The predicted octanol–water partition coefficient (Wildman–Crippen LogP) is 1.44. The first-order valence-corrected chi connectivity index (χ1v) is 4.30. The van der Waals surface area contributed by atoms with Gasteiger partial charge in [0.2, 0.25) is 0 Å². The number of phenols is 1. The SMILES string of the molecule is CO/N=C1/COc2c1ccc(O)c2C. The third kappa shape index (κ3) is 1.19. The van der Waals surface area contributed by atoms with Gasteiger partial charge in [0.25, 0.3) is 0 Å². The Hall–Kier alpha value is -1.71. The van der Waals surface area contributed by atoms with E-state index in [-0.39, 0.29) is 5.75 Å². The van der Waals surface area contributed by atoms with Gasteiger partial charge in [-0.1, -0.05) is 5.16 Å². The summed E-state index contributed by atoms with van der Waals surface area (Å²) in [5, 5.41) is 13.3. The van der Waals surface area contributed by atoms with E-state index in [1.54, 1.807) is 12.1 Å². The van der Waals surface area contributed by atoms with Gasteiger partial charge in [-0.15, -0.1) is 0 Å². The fraction of sp³-hybridized carbons (Fsp3) is 0.300. The monoisotopic (exact) mass is 193 g/mol. The number of aromatic hydroxyl groups is 1.